The van der Waals surface area contributed by atoms with E-state index in [4.69, 9.17) is 16.3 Å². The molecule has 0 N–H and O–H groups in total. The number of ether oxygens (including phenoxy) is 1. The number of halogens is 1. The standard InChI is InChI=1S/C22H22ClN3O2S/c1-28-17-8-6-15(7-9-17)14-20-24-25-21(29-20)16-10-12-26(13-11-16)22(27)18-4-2-3-5-19(18)23/h2-9,16H,10-14H2,1H3. The van der Waals surface area contributed by atoms with Gasteiger partial charge in [0.2, 0.25) is 0 Å². The zero-order valence-corrected chi connectivity index (χ0v) is 17.7. The van der Waals surface area contributed by atoms with Crippen molar-refractivity contribution in [2.45, 2.75) is 25.2 Å². The van der Waals surface area contributed by atoms with Crippen LogP contribution in [-0.4, -0.2) is 41.2 Å². The Kier molecular flexibility index (Phi) is 6.11. The third-order valence-electron chi connectivity index (χ3n) is 5.23. The summed E-state index contributed by atoms with van der Waals surface area (Å²) in [6.07, 6.45) is 2.56. The van der Waals surface area contributed by atoms with Crippen LogP contribution in [0.2, 0.25) is 5.02 Å². The number of benzene rings is 2. The average Bonchev–Trinajstić information content (AvgIpc) is 3.23. The summed E-state index contributed by atoms with van der Waals surface area (Å²) in [5, 5.41) is 11.4. The van der Waals surface area contributed by atoms with Gasteiger partial charge in [0.05, 0.1) is 17.7 Å². The second-order valence-corrected chi connectivity index (χ2v) is 8.61. The van der Waals surface area contributed by atoms with E-state index in [-0.39, 0.29) is 5.91 Å². The maximum Gasteiger partial charge on any atom is 0.255 e. The lowest BCUT2D eigenvalue weighted by atomic mass is 9.97. The lowest BCUT2D eigenvalue weighted by Crippen LogP contribution is -2.38. The highest BCUT2D eigenvalue weighted by Crippen LogP contribution is 2.32. The van der Waals surface area contributed by atoms with Gasteiger partial charge in [0.25, 0.3) is 5.91 Å². The topological polar surface area (TPSA) is 55.3 Å². The van der Waals surface area contributed by atoms with Crippen molar-refractivity contribution in [3.63, 3.8) is 0 Å². The van der Waals surface area contributed by atoms with Crippen LogP contribution in [0.4, 0.5) is 0 Å². The molecule has 0 saturated carbocycles. The molecular weight excluding hydrogens is 406 g/mol. The van der Waals surface area contributed by atoms with Crippen molar-refractivity contribution < 1.29 is 9.53 Å². The van der Waals surface area contributed by atoms with E-state index in [2.05, 4.69) is 22.3 Å². The molecule has 29 heavy (non-hydrogen) atoms. The average molecular weight is 428 g/mol. The largest absolute Gasteiger partial charge is 0.497 e. The normalized spacial score (nSPS) is 14.8. The van der Waals surface area contributed by atoms with Gasteiger partial charge in [-0.15, -0.1) is 21.5 Å². The first-order chi connectivity index (χ1) is 14.1. The third kappa shape index (κ3) is 4.60. The minimum Gasteiger partial charge on any atom is -0.497 e. The number of hydrogen-bond acceptors (Lipinski definition) is 5. The maximum absolute atomic E-state index is 12.7. The van der Waals surface area contributed by atoms with Gasteiger partial charge in [-0.25, -0.2) is 0 Å². The minimum absolute atomic E-state index is 0.00603. The van der Waals surface area contributed by atoms with Crippen molar-refractivity contribution in [2.24, 2.45) is 0 Å². The van der Waals surface area contributed by atoms with Crippen LogP contribution in [0, 0.1) is 0 Å². The fourth-order valence-corrected chi connectivity index (χ4v) is 4.82. The number of carbonyl (C=O) groups is 1. The summed E-state index contributed by atoms with van der Waals surface area (Å²) >= 11 is 7.85. The van der Waals surface area contributed by atoms with E-state index in [9.17, 15) is 4.79 Å². The number of nitrogens with zero attached hydrogens (tertiary/aromatic N) is 3. The minimum atomic E-state index is 0.00603. The molecule has 2 aromatic carbocycles. The van der Waals surface area contributed by atoms with Crippen LogP contribution in [0.25, 0.3) is 0 Å². The van der Waals surface area contributed by atoms with Gasteiger partial charge >= 0.3 is 0 Å². The molecular formula is C22H22ClN3O2S. The molecule has 0 aliphatic carbocycles. The summed E-state index contributed by atoms with van der Waals surface area (Å²) in [5.74, 6) is 1.21. The molecule has 0 unspecified atom stereocenters. The van der Waals surface area contributed by atoms with Crippen molar-refractivity contribution in [1.29, 1.82) is 0 Å². The van der Waals surface area contributed by atoms with Crippen LogP contribution in [0.1, 0.15) is 44.7 Å². The van der Waals surface area contributed by atoms with E-state index in [1.54, 1.807) is 30.6 Å². The summed E-state index contributed by atoms with van der Waals surface area (Å²) in [5.41, 5.74) is 1.76. The lowest BCUT2D eigenvalue weighted by Gasteiger charge is -2.31. The number of aromatic nitrogens is 2. The molecule has 4 rings (SSSR count). The molecule has 2 heterocycles. The fourth-order valence-electron chi connectivity index (χ4n) is 3.56. The SMILES string of the molecule is COc1ccc(Cc2nnc(C3CCN(C(=O)c4ccccc4Cl)CC3)s2)cc1. The Labute approximate surface area is 179 Å². The molecule has 1 aliphatic heterocycles. The Bertz CT molecular complexity index is 982. The number of amides is 1. The van der Waals surface area contributed by atoms with E-state index < -0.39 is 0 Å². The second-order valence-electron chi connectivity index (χ2n) is 7.11. The zero-order valence-electron chi connectivity index (χ0n) is 16.2. The quantitative estimate of drug-likeness (QED) is 0.586. The van der Waals surface area contributed by atoms with Crippen LogP contribution in [0.5, 0.6) is 5.75 Å². The van der Waals surface area contributed by atoms with Gasteiger partial charge in [0.15, 0.2) is 0 Å². The summed E-state index contributed by atoms with van der Waals surface area (Å²) in [6.45, 7) is 1.42. The molecule has 1 amide bonds. The van der Waals surface area contributed by atoms with Crippen molar-refractivity contribution in [3.05, 3.63) is 74.7 Å². The molecule has 1 saturated heterocycles. The molecule has 1 aromatic heterocycles. The van der Waals surface area contributed by atoms with Gasteiger partial charge in [-0.1, -0.05) is 35.9 Å². The van der Waals surface area contributed by atoms with E-state index in [1.807, 2.05) is 29.2 Å². The zero-order chi connectivity index (χ0) is 20.2. The molecule has 3 aromatic rings. The number of piperidine rings is 1. The molecule has 0 spiro atoms. The van der Waals surface area contributed by atoms with Crippen molar-refractivity contribution in [1.82, 2.24) is 15.1 Å². The second kappa shape index (κ2) is 8.93. The first-order valence-corrected chi connectivity index (χ1v) is 10.8. The van der Waals surface area contributed by atoms with Crippen molar-refractivity contribution >= 4 is 28.8 Å². The number of hydrogen-bond donors (Lipinski definition) is 0. The molecule has 0 bridgehead atoms. The maximum atomic E-state index is 12.7. The first kappa shape index (κ1) is 19.9. The molecule has 150 valence electrons. The predicted molar refractivity (Wildman–Crippen MR) is 115 cm³/mol. The summed E-state index contributed by atoms with van der Waals surface area (Å²) in [6, 6.07) is 15.3. The van der Waals surface area contributed by atoms with Gasteiger partial charge in [0.1, 0.15) is 15.8 Å². The fraction of sp³-hybridized carbons (Fsp3) is 0.318. The van der Waals surface area contributed by atoms with Crippen LogP contribution in [0.3, 0.4) is 0 Å². The Balaban J connectivity index is 1.35. The summed E-state index contributed by atoms with van der Waals surface area (Å²) in [7, 11) is 1.67. The molecule has 0 radical (unpaired) electrons. The highest BCUT2D eigenvalue weighted by atomic mass is 35.5. The highest BCUT2D eigenvalue weighted by Gasteiger charge is 2.27. The molecule has 7 heteroatoms. The third-order valence-corrected chi connectivity index (χ3v) is 6.65. The summed E-state index contributed by atoms with van der Waals surface area (Å²) < 4.78 is 5.20. The van der Waals surface area contributed by atoms with Gasteiger partial charge < -0.3 is 9.64 Å². The van der Waals surface area contributed by atoms with Crippen molar-refractivity contribution in [2.75, 3.05) is 20.2 Å². The molecule has 1 aliphatic rings. The highest BCUT2D eigenvalue weighted by molar-refractivity contribution is 7.11. The number of rotatable bonds is 5. The van der Waals surface area contributed by atoms with Crippen LogP contribution < -0.4 is 4.74 Å². The van der Waals surface area contributed by atoms with Gasteiger partial charge in [-0.2, -0.15) is 0 Å². The lowest BCUT2D eigenvalue weighted by molar-refractivity contribution is 0.0713. The predicted octanol–water partition coefficient (Wildman–Crippen LogP) is 4.81. The molecule has 0 atom stereocenters. The number of methoxy groups -OCH3 is 1. The van der Waals surface area contributed by atoms with E-state index in [0.717, 1.165) is 35.0 Å². The van der Waals surface area contributed by atoms with Crippen LogP contribution >= 0.6 is 22.9 Å². The van der Waals surface area contributed by atoms with E-state index in [1.165, 1.54) is 5.56 Å². The van der Waals surface area contributed by atoms with Crippen LogP contribution in [-0.2, 0) is 6.42 Å². The number of likely N-dealkylation sites (tertiary alicyclic amines) is 1. The molecule has 1 fully saturated rings. The monoisotopic (exact) mass is 427 g/mol. The van der Waals surface area contributed by atoms with Crippen molar-refractivity contribution in [3.8, 4) is 5.75 Å². The van der Waals surface area contributed by atoms with E-state index >= 15 is 0 Å². The van der Waals surface area contributed by atoms with Gasteiger partial charge in [-0.3, -0.25) is 4.79 Å². The van der Waals surface area contributed by atoms with Gasteiger partial charge in [0, 0.05) is 25.4 Å². The van der Waals surface area contributed by atoms with Crippen LogP contribution in [0.15, 0.2) is 48.5 Å². The Hall–Kier alpha value is -2.44. The Morgan fingerprint density at radius 3 is 2.55 bits per heavy atom. The van der Waals surface area contributed by atoms with E-state index in [0.29, 0.717) is 29.6 Å². The smallest absolute Gasteiger partial charge is 0.255 e. The Morgan fingerprint density at radius 2 is 1.86 bits per heavy atom. The number of carbonyl (C=O) groups excluding carboxylic acids is 1. The first-order valence-electron chi connectivity index (χ1n) is 9.63. The Morgan fingerprint density at radius 1 is 1.14 bits per heavy atom. The van der Waals surface area contributed by atoms with Gasteiger partial charge in [-0.05, 0) is 42.7 Å². The molecule has 5 nitrogen and oxygen atoms in total. The summed E-state index contributed by atoms with van der Waals surface area (Å²) in [4.78, 5) is 14.6.